The lowest BCUT2D eigenvalue weighted by atomic mass is 10.1. The number of anilines is 1. The molecular formula is C22H23ClN2O4S. The van der Waals surface area contributed by atoms with E-state index in [0.29, 0.717) is 23.9 Å². The SMILES string of the molecule is CCOc1cc2c(cc1CNC(=O)C[C@H]1Sc3ccc(Cl)cc3NC1=O)O[C@@H](C)C2. The van der Waals surface area contributed by atoms with Gasteiger partial charge in [0.2, 0.25) is 11.8 Å². The lowest BCUT2D eigenvalue weighted by molar-refractivity contribution is -0.124. The molecule has 2 aromatic rings. The van der Waals surface area contributed by atoms with Crippen molar-refractivity contribution in [2.75, 3.05) is 11.9 Å². The summed E-state index contributed by atoms with van der Waals surface area (Å²) >= 11 is 7.35. The largest absolute Gasteiger partial charge is 0.494 e. The van der Waals surface area contributed by atoms with E-state index in [0.717, 1.165) is 33.9 Å². The fraction of sp³-hybridized carbons (Fsp3) is 0.364. The lowest BCUT2D eigenvalue weighted by Crippen LogP contribution is -2.34. The van der Waals surface area contributed by atoms with Crippen LogP contribution in [0.4, 0.5) is 5.69 Å². The predicted octanol–water partition coefficient (Wildman–Crippen LogP) is 4.18. The highest BCUT2D eigenvalue weighted by Gasteiger charge is 2.29. The van der Waals surface area contributed by atoms with E-state index in [1.807, 2.05) is 32.0 Å². The molecule has 2 N–H and O–H groups in total. The molecule has 0 aromatic heterocycles. The minimum Gasteiger partial charge on any atom is -0.494 e. The zero-order valence-electron chi connectivity index (χ0n) is 16.8. The first kappa shape index (κ1) is 20.9. The van der Waals surface area contributed by atoms with Gasteiger partial charge in [0.25, 0.3) is 0 Å². The third-order valence-corrected chi connectivity index (χ3v) is 6.50. The Balaban J connectivity index is 1.40. The Hall–Kier alpha value is -2.38. The van der Waals surface area contributed by atoms with Crippen molar-refractivity contribution in [2.24, 2.45) is 0 Å². The van der Waals surface area contributed by atoms with Gasteiger partial charge >= 0.3 is 0 Å². The van der Waals surface area contributed by atoms with Gasteiger partial charge < -0.3 is 20.1 Å². The maximum atomic E-state index is 12.6. The van der Waals surface area contributed by atoms with E-state index >= 15 is 0 Å². The van der Waals surface area contributed by atoms with Crippen molar-refractivity contribution in [3.05, 3.63) is 46.5 Å². The van der Waals surface area contributed by atoms with Crippen LogP contribution in [0.15, 0.2) is 35.2 Å². The van der Waals surface area contributed by atoms with E-state index in [1.54, 1.807) is 12.1 Å². The molecular weight excluding hydrogens is 424 g/mol. The van der Waals surface area contributed by atoms with Gasteiger partial charge in [0, 0.05) is 40.4 Å². The van der Waals surface area contributed by atoms with E-state index in [4.69, 9.17) is 21.1 Å². The Kier molecular flexibility index (Phi) is 6.11. The number of fused-ring (bicyclic) bond motifs is 2. The smallest absolute Gasteiger partial charge is 0.238 e. The summed E-state index contributed by atoms with van der Waals surface area (Å²) in [4.78, 5) is 25.8. The van der Waals surface area contributed by atoms with Crippen molar-refractivity contribution < 1.29 is 19.1 Å². The monoisotopic (exact) mass is 446 g/mol. The van der Waals surface area contributed by atoms with Crippen LogP contribution in [-0.4, -0.2) is 29.8 Å². The van der Waals surface area contributed by atoms with Crippen molar-refractivity contribution in [3.8, 4) is 11.5 Å². The second kappa shape index (κ2) is 8.78. The molecule has 0 radical (unpaired) electrons. The Morgan fingerprint density at radius 2 is 2.20 bits per heavy atom. The number of ether oxygens (including phenoxy) is 2. The molecule has 2 aliphatic heterocycles. The molecule has 2 aromatic carbocycles. The molecule has 2 heterocycles. The highest BCUT2D eigenvalue weighted by Crippen LogP contribution is 2.38. The van der Waals surface area contributed by atoms with Crippen LogP contribution in [0.25, 0.3) is 0 Å². The van der Waals surface area contributed by atoms with Gasteiger partial charge in [-0.05, 0) is 44.2 Å². The highest BCUT2D eigenvalue weighted by molar-refractivity contribution is 8.01. The topological polar surface area (TPSA) is 76.7 Å². The first-order valence-corrected chi connectivity index (χ1v) is 11.2. The van der Waals surface area contributed by atoms with Crippen molar-refractivity contribution in [1.82, 2.24) is 5.32 Å². The average Bonchev–Trinajstić information content (AvgIpc) is 3.06. The molecule has 0 fully saturated rings. The molecule has 6 nitrogen and oxygen atoms in total. The second-order valence-electron chi connectivity index (χ2n) is 7.35. The molecule has 0 bridgehead atoms. The summed E-state index contributed by atoms with van der Waals surface area (Å²) in [6.45, 7) is 4.81. The average molecular weight is 447 g/mol. The number of benzene rings is 2. The molecule has 0 saturated carbocycles. The third-order valence-electron chi connectivity index (χ3n) is 4.99. The number of halogens is 1. The first-order chi connectivity index (χ1) is 14.4. The second-order valence-corrected chi connectivity index (χ2v) is 9.03. The van der Waals surface area contributed by atoms with Crippen molar-refractivity contribution in [2.45, 2.75) is 49.5 Å². The first-order valence-electron chi connectivity index (χ1n) is 9.92. The van der Waals surface area contributed by atoms with E-state index in [-0.39, 0.29) is 24.3 Å². The molecule has 0 saturated heterocycles. The molecule has 2 atom stereocenters. The molecule has 30 heavy (non-hydrogen) atoms. The summed E-state index contributed by atoms with van der Waals surface area (Å²) in [5, 5.41) is 5.81. The van der Waals surface area contributed by atoms with Gasteiger partial charge in [-0.15, -0.1) is 11.8 Å². The van der Waals surface area contributed by atoms with E-state index in [9.17, 15) is 9.59 Å². The van der Waals surface area contributed by atoms with Crippen LogP contribution in [0.3, 0.4) is 0 Å². The number of carbonyl (C=O) groups is 2. The van der Waals surface area contributed by atoms with Crippen LogP contribution < -0.4 is 20.1 Å². The molecule has 2 aliphatic rings. The highest BCUT2D eigenvalue weighted by atomic mass is 35.5. The van der Waals surface area contributed by atoms with Gasteiger partial charge in [0.15, 0.2) is 0 Å². The molecule has 0 spiro atoms. The number of nitrogens with one attached hydrogen (secondary N) is 2. The van der Waals surface area contributed by atoms with Gasteiger partial charge in [-0.1, -0.05) is 11.6 Å². The van der Waals surface area contributed by atoms with Crippen LogP contribution in [-0.2, 0) is 22.6 Å². The number of hydrogen-bond donors (Lipinski definition) is 2. The third kappa shape index (κ3) is 4.52. The van der Waals surface area contributed by atoms with Crippen molar-refractivity contribution in [1.29, 1.82) is 0 Å². The van der Waals surface area contributed by atoms with E-state index in [2.05, 4.69) is 10.6 Å². The quantitative estimate of drug-likeness (QED) is 0.696. The molecule has 2 amide bonds. The Morgan fingerprint density at radius 1 is 1.37 bits per heavy atom. The maximum Gasteiger partial charge on any atom is 0.238 e. The molecule has 158 valence electrons. The van der Waals surface area contributed by atoms with Crippen LogP contribution in [0.5, 0.6) is 11.5 Å². The Morgan fingerprint density at radius 3 is 3.00 bits per heavy atom. The van der Waals surface area contributed by atoms with Crippen LogP contribution >= 0.6 is 23.4 Å². The van der Waals surface area contributed by atoms with E-state index < -0.39 is 5.25 Å². The molecule has 0 unspecified atom stereocenters. The maximum absolute atomic E-state index is 12.6. The standard InChI is InChI=1S/C22H23ClN2O4S/c1-3-28-17-7-13-6-12(2)29-18(13)8-14(17)11-24-21(26)10-20-22(27)25-16-9-15(23)4-5-19(16)30-20/h4-5,7-9,12,20H,3,6,10-11H2,1-2H3,(H,24,26)(H,25,27)/t12-,20+/m0/s1. The van der Waals surface area contributed by atoms with Gasteiger partial charge in [-0.25, -0.2) is 0 Å². The molecule has 4 rings (SSSR count). The molecule has 0 aliphatic carbocycles. The number of rotatable bonds is 6. The minimum atomic E-state index is -0.491. The Bertz CT molecular complexity index is 997. The summed E-state index contributed by atoms with van der Waals surface area (Å²) in [6.07, 6.45) is 1.07. The summed E-state index contributed by atoms with van der Waals surface area (Å²) < 4.78 is 11.6. The summed E-state index contributed by atoms with van der Waals surface area (Å²) in [5.74, 6) is 1.20. The zero-order chi connectivity index (χ0) is 21.3. The number of amides is 2. The zero-order valence-corrected chi connectivity index (χ0v) is 18.4. The lowest BCUT2D eigenvalue weighted by Gasteiger charge is -2.24. The number of carbonyl (C=O) groups excluding carboxylic acids is 2. The Labute approximate surface area is 184 Å². The normalized spacial score (nSPS) is 19.4. The van der Waals surface area contributed by atoms with Gasteiger partial charge in [0.05, 0.1) is 17.5 Å². The summed E-state index contributed by atoms with van der Waals surface area (Å²) in [7, 11) is 0. The van der Waals surface area contributed by atoms with Crippen molar-refractivity contribution in [3.63, 3.8) is 0 Å². The van der Waals surface area contributed by atoms with Crippen molar-refractivity contribution >= 4 is 40.9 Å². The van der Waals surface area contributed by atoms with Crippen LogP contribution in [0.1, 0.15) is 31.4 Å². The molecule has 8 heteroatoms. The minimum absolute atomic E-state index is 0.0843. The van der Waals surface area contributed by atoms with Crippen LogP contribution in [0.2, 0.25) is 5.02 Å². The number of thioether (sulfide) groups is 1. The van der Waals surface area contributed by atoms with Gasteiger partial charge in [0.1, 0.15) is 17.6 Å². The van der Waals surface area contributed by atoms with Gasteiger partial charge in [-0.3, -0.25) is 9.59 Å². The van der Waals surface area contributed by atoms with Crippen LogP contribution in [0, 0.1) is 0 Å². The number of hydrogen-bond acceptors (Lipinski definition) is 5. The summed E-state index contributed by atoms with van der Waals surface area (Å²) in [5.41, 5.74) is 2.66. The summed E-state index contributed by atoms with van der Waals surface area (Å²) in [6, 6.07) is 9.27. The van der Waals surface area contributed by atoms with E-state index in [1.165, 1.54) is 11.8 Å². The fourth-order valence-electron chi connectivity index (χ4n) is 3.60. The predicted molar refractivity (Wildman–Crippen MR) is 118 cm³/mol. The fourth-order valence-corrected chi connectivity index (χ4v) is 4.86. The van der Waals surface area contributed by atoms with Gasteiger partial charge in [-0.2, -0.15) is 0 Å².